The normalized spacial score (nSPS) is 21.6. The molecular weight excluding hydrogens is 220 g/mol. The average molecular weight is 242 g/mol. The van der Waals surface area contributed by atoms with Crippen molar-refractivity contribution in [2.24, 2.45) is 5.92 Å². The molecule has 1 saturated heterocycles. The summed E-state index contributed by atoms with van der Waals surface area (Å²) in [4.78, 5) is 24.3. The van der Waals surface area contributed by atoms with Gasteiger partial charge in [0.25, 0.3) is 0 Å². The topological polar surface area (TPSA) is 69.6 Å². The van der Waals surface area contributed by atoms with E-state index in [0.29, 0.717) is 18.9 Å². The molecule has 1 rings (SSSR count). The van der Waals surface area contributed by atoms with Crippen LogP contribution in [-0.2, 0) is 4.79 Å². The van der Waals surface area contributed by atoms with Crippen molar-refractivity contribution in [2.45, 2.75) is 52.1 Å². The second-order valence-corrected chi connectivity index (χ2v) is 5.17. The summed E-state index contributed by atoms with van der Waals surface area (Å²) >= 11 is 0. The minimum atomic E-state index is -0.908. The molecular formula is C12H22N2O3. The van der Waals surface area contributed by atoms with Crippen LogP contribution in [0.25, 0.3) is 0 Å². The lowest BCUT2D eigenvalue weighted by Gasteiger charge is -2.25. The number of urea groups is 1. The number of aliphatic carboxylic acids is 1. The van der Waals surface area contributed by atoms with Crippen molar-refractivity contribution in [1.82, 2.24) is 10.2 Å². The highest BCUT2D eigenvalue weighted by Crippen LogP contribution is 2.17. The predicted octanol–water partition coefficient (Wildman–Crippen LogP) is 1.68. The van der Waals surface area contributed by atoms with Crippen molar-refractivity contribution in [3.05, 3.63) is 0 Å². The molecule has 2 atom stereocenters. The molecule has 1 unspecified atom stereocenters. The third-order valence-electron chi connectivity index (χ3n) is 2.99. The minimum Gasteiger partial charge on any atom is -0.480 e. The smallest absolute Gasteiger partial charge is 0.326 e. The van der Waals surface area contributed by atoms with Gasteiger partial charge in [-0.15, -0.1) is 0 Å². The number of nitrogens with zero attached hydrogens (tertiary/aromatic N) is 1. The molecule has 2 amide bonds. The number of amides is 2. The summed E-state index contributed by atoms with van der Waals surface area (Å²) in [5.41, 5.74) is 0. The van der Waals surface area contributed by atoms with Crippen LogP contribution in [0.15, 0.2) is 0 Å². The number of carboxylic acids is 1. The fourth-order valence-electron chi connectivity index (χ4n) is 2.33. The van der Waals surface area contributed by atoms with Crippen molar-refractivity contribution in [3.8, 4) is 0 Å². The number of carbonyl (C=O) groups excluding carboxylic acids is 1. The molecule has 17 heavy (non-hydrogen) atoms. The van der Waals surface area contributed by atoms with Gasteiger partial charge in [-0.25, -0.2) is 9.59 Å². The van der Waals surface area contributed by atoms with Gasteiger partial charge in [-0.05, 0) is 32.1 Å². The van der Waals surface area contributed by atoms with E-state index >= 15 is 0 Å². The van der Waals surface area contributed by atoms with E-state index < -0.39 is 12.0 Å². The zero-order chi connectivity index (χ0) is 13.0. The molecule has 0 aromatic carbocycles. The van der Waals surface area contributed by atoms with Crippen LogP contribution >= 0.6 is 0 Å². The summed E-state index contributed by atoms with van der Waals surface area (Å²) in [6.45, 7) is 6.68. The molecule has 0 saturated carbocycles. The molecule has 5 nitrogen and oxygen atoms in total. The van der Waals surface area contributed by atoms with Crippen LogP contribution in [0.5, 0.6) is 0 Å². The zero-order valence-corrected chi connectivity index (χ0v) is 10.8. The van der Waals surface area contributed by atoms with Crippen LogP contribution < -0.4 is 5.32 Å². The Balaban J connectivity index is 2.49. The van der Waals surface area contributed by atoms with Gasteiger partial charge >= 0.3 is 12.0 Å². The molecule has 98 valence electrons. The third kappa shape index (κ3) is 3.91. The van der Waals surface area contributed by atoms with Crippen LogP contribution in [0.2, 0.25) is 0 Å². The maximum absolute atomic E-state index is 11.9. The maximum Gasteiger partial charge on any atom is 0.326 e. The highest BCUT2D eigenvalue weighted by molar-refractivity contribution is 5.83. The Hall–Kier alpha value is -1.26. The first-order valence-corrected chi connectivity index (χ1v) is 6.21. The number of rotatable bonds is 4. The molecule has 1 aliphatic rings. The number of carboxylic acid groups (broad SMARTS) is 1. The molecule has 0 bridgehead atoms. The van der Waals surface area contributed by atoms with Gasteiger partial charge in [0.15, 0.2) is 0 Å². The number of nitrogens with one attached hydrogen (secondary N) is 1. The summed E-state index contributed by atoms with van der Waals surface area (Å²) in [5, 5.41) is 11.9. The summed E-state index contributed by atoms with van der Waals surface area (Å²) < 4.78 is 0. The Labute approximate surface area is 102 Å². The lowest BCUT2D eigenvalue weighted by Crippen LogP contribution is -2.48. The summed E-state index contributed by atoms with van der Waals surface area (Å²) in [6, 6.07) is -0.818. The molecule has 0 aromatic rings. The molecule has 1 fully saturated rings. The van der Waals surface area contributed by atoms with E-state index in [0.717, 1.165) is 12.8 Å². The number of hydrogen-bond donors (Lipinski definition) is 2. The number of hydrogen-bond acceptors (Lipinski definition) is 2. The number of likely N-dealkylation sites (tertiary alicyclic amines) is 1. The second kappa shape index (κ2) is 5.89. The van der Waals surface area contributed by atoms with E-state index in [1.54, 1.807) is 0 Å². The lowest BCUT2D eigenvalue weighted by atomic mass is 10.1. The molecule has 2 N–H and O–H groups in total. The van der Waals surface area contributed by atoms with Gasteiger partial charge in [0.1, 0.15) is 6.04 Å². The van der Waals surface area contributed by atoms with Crippen molar-refractivity contribution in [2.75, 3.05) is 6.54 Å². The molecule has 1 aliphatic heterocycles. The van der Waals surface area contributed by atoms with Gasteiger partial charge in [0.05, 0.1) is 0 Å². The standard InChI is InChI=1S/C12H22N2O3/c1-8(2)7-9(3)13-12(17)14-6-4-5-10(14)11(15)16/h8-10H,4-7H2,1-3H3,(H,13,17)(H,15,16)/t9?,10-/m1/s1. The molecule has 0 radical (unpaired) electrons. The van der Waals surface area contributed by atoms with Crippen LogP contribution in [0.1, 0.15) is 40.0 Å². The SMILES string of the molecule is CC(C)CC(C)NC(=O)N1CCC[C@@H]1C(=O)O. The third-order valence-corrected chi connectivity index (χ3v) is 2.99. The van der Waals surface area contributed by atoms with Crippen molar-refractivity contribution in [3.63, 3.8) is 0 Å². The Morgan fingerprint density at radius 1 is 1.41 bits per heavy atom. The summed E-state index contributed by atoms with van der Waals surface area (Å²) in [5.74, 6) is -0.395. The summed E-state index contributed by atoms with van der Waals surface area (Å²) in [7, 11) is 0. The fraction of sp³-hybridized carbons (Fsp3) is 0.833. The monoisotopic (exact) mass is 242 g/mol. The van der Waals surface area contributed by atoms with Crippen LogP contribution in [-0.4, -0.2) is 40.6 Å². The lowest BCUT2D eigenvalue weighted by molar-refractivity contribution is -0.141. The predicted molar refractivity (Wildman–Crippen MR) is 64.8 cm³/mol. The maximum atomic E-state index is 11.9. The first-order valence-electron chi connectivity index (χ1n) is 6.21. The highest BCUT2D eigenvalue weighted by atomic mass is 16.4. The first kappa shape index (κ1) is 13.8. The molecule has 0 aliphatic carbocycles. The average Bonchev–Trinajstić information content (AvgIpc) is 2.63. The quantitative estimate of drug-likeness (QED) is 0.788. The van der Waals surface area contributed by atoms with Crippen LogP contribution in [0.4, 0.5) is 4.79 Å². The first-order chi connectivity index (χ1) is 7.91. The van der Waals surface area contributed by atoms with Gasteiger partial charge < -0.3 is 15.3 Å². The molecule has 5 heteroatoms. The van der Waals surface area contributed by atoms with Crippen LogP contribution in [0.3, 0.4) is 0 Å². The van der Waals surface area contributed by atoms with E-state index in [1.165, 1.54) is 4.90 Å². The Bertz CT molecular complexity index is 291. The Morgan fingerprint density at radius 2 is 2.06 bits per heavy atom. The second-order valence-electron chi connectivity index (χ2n) is 5.17. The minimum absolute atomic E-state index is 0.0811. The van der Waals surface area contributed by atoms with Crippen molar-refractivity contribution in [1.29, 1.82) is 0 Å². The van der Waals surface area contributed by atoms with Gasteiger partial charge in [-0.3, -0.25) is 0 Å². The largest absolute Gasteiger partial charge is 0.480 e. The van der Waals surface area contributed by atoms with Crippen molar-refractivity contribution < 1.29 is 14.7 Å². The van der Waals surface area contributed by atoms with Crippen molar-refractivity contribution >= 4 is 12.0 Å². The van der Waals surface area contributed by atoms with E-state index in [2.05, 4.69) is 19.2 Å². The Morgan fingerprint density at radius 3 is 2.59 bits per heavy atom. The van der Waals surface area contributed by atoms with E-state index in [4.69, 9.17) is 5.11 Å². The summed E-state index contributed by atoms with van der Waals surface area (Å²) in [6.07, 6.45) is 2.22. The highest BCUT2D eigenvalue weighted by Gasteiger charge is 2.34. The van der Waals surface area contributed by atoms with Gasteiger partial charge in [0.2, 0.25) is 0 Å². The van der Waals surface area contributed by atoms with Gasteiger partial charge in [-0.1, -0.05) is 13.8 Å². The number of carbonyl (C=O) groups is 2. The zero-order valence-electron chi connectivity index (χ0n) is 10.8. The van der Waals surface area contributed by atoms with Gasteiger partial charge in [-0.2, -0.15) is 0 Å². The van der Waals surface area contributed by atoms with E-state index in [-0.39, 0.29) is 12.1 Å². The van der Waals surface area contributed by atoms with Crippen LogP contribution in [0, 0.1) is 5.92 Å². The van der Waals surface area contributed by atoms with E-state index in [1.807, 2.05) is 6.92 Å². The van der Waals surface area contributed by atoms with E-state index in [9.17, 15) is 9.59 Å². The molecule has 0 aromatic heterocycles. The molecule has 1 heterocycles. The fourth-order valence-corrected chi connectivity index (χ4v) is 2.33. The van der Waals surface area contributed by atoms with Gasteiger partial charge in [0, 0.05) is 12.6 Å². The Kier molecular flexibility index (Phi) is 4.78. The molecule has 0 spiro atoms.